The molecule has 15 heteroatoms. The summed E-state index contributed by atoms with van der Waals surface area (Å²) in [4.78, 5) is 14.6. The normalized spacial score (nSPS) is 12.7. The van der Waals surface area contributed by atoms with E-state index >= 15 is 0 Å². The van der Waals surface area contributed by atoms with Gasteiger partial charge in [0.05, 0.1) is 11.1 Å². The van der Waals surface area contributed by atoms with Crippen LogP contribution in [0.15, 0.2) is 24.3 Å². The molecule has 0 aliphatic heterocycles. The Hall–Kier alpha value is -2.97. The average molecular weight is 464 g/mol. The highest BCUT2D eigenvalue weighted by molar-refractivity contribution is 5.88. The number of hydrogen-bond acceptors (Lipinski definition) is 5. The number of hydrazine groups is 1. The fourth-order valence-electron chi connectivity index (χ4n) is 2.55. The molecule has 0 saturated carbocycles. The number of nitrogens with one attached hydrogen (secondary N) is 2. The van der Waals surface area contributed by atoms with Gasteiger partial charge in [-0.15, -0.1) is 0 Å². The number of amides is 1. The van der Waals surface area contributed by atoms with E-state index in [2.05, 4.69) is 4.98 Å². The molecule has 0 bridgehead atoms. The molecule has 3 N–H and O–H groups in total. The Morgan fingerprint density at radius 2 is 1.55 bits per heavy atom. The van der Waals surface area contributed by atoms with Crippen LogP contribution in [0.4, 0.5) is 51.0 Å². The summed E-state index contributed by atoms with van der Waals surface area (Å²) in [6.07, 6.45) is -15.2. The second-order valence-corrected chi connectivity index (χ2v) is 6.17. The van der Waals surface area contributed by atoms with Crippen molar-refractivity contribution in [3.8, 4) is 0 Å². The van der Waals surface area contributed by atoms with Crippen LogP contribution in [0, 0.1) is 0 Å². The smallest absolute Gasteiger partial charge is 0.386 e. The Balaban J connectivity index is 2.57. The number of alkyl halides is 9. The van der Waals surface area contributed by atoms with Crippen LogP contribution in [0.3, 0.4) is 0 Å². The molecule has 6 nitrogen and oxygen atoms in total. The minimum atomic E-state index is -5.06. The van der Waals surface area contributed by atoms with Gasteiger partial charge in [-0.25, -0.2) is 4.98 Å². The molecule has 0 spiro atoms. The highest BCUT2D eigenvalue weighted by Gasteiger charge is 2.38. The van der Waals surface area contributed by atoms with E-state index in [1.807, 2.05) is 10.9 Å². The van der Waals surface area contributed by atoms with Crippen molar-refractivity contribution in [2.45, 2.75) is 18.5 Å². The number of carbonyl (C=O) groups is 1. The number of halogens is 9. The lowest BCUT2D eigenvalue weighted by Gasteiger charge is -2.27. The van der Waals surface area contributed by atoms with Gasteiger partial charge in [0, 0.05) is 11.1 Å². The van der Waals surface area contributed by atoms with Gasteiger partial charge in [0.1, 0.15) is 25.5 Å². The molecule has 0 atom stereocenters. The van der Waals surface area contributed by atoms with Gasteiger partial charge in [0.2, 0.25) is 0 Å². The monoisotopic (exact) mass is 464 g/mol. The van der Waals surface area contributed by atoms with Gasteiger partial charge in [-0.05, 0) is 24.3 Å². The Morgan fingerprint density at radius 1 is 0.968 bits per heavy atom. The summed E-state index contributed by atoms with van der Waals surface area (Å²) >= 11 is 0. The minimum Gasteiger partial charge on any atom is -0.386 e. The summed E-state index contributed by atoms with van der Waals surface area (Å²) in [6.45, 7) is -5.07. The molecular weight excluding hydrogens is 451 g/mol. The van der Waals surface area contributed by atoms with Crippen LogP contribution in [-0.2, 0) is 11.0 Å². The molecule has 0 radical (unpaired) electrons. The van der Waals surface area contributed by atoms with Gasteiger partial charge in [-0.3, -0.25) is 15.6 Å². The van der Waals surface area contributed by atoms with Crippen molar-refractivity contribution in [3.63, 3.8) is 0 Å². The molecule has 0 saturated heterocycles. The second-order valence-electron chi connectivity index (χ2n) is 6.17. The quantitative estimate of drug-likeness (QED) is 0.450. The zero-order valence-corrected chi connectivity index (χ0v) is 15.1. The number of aliphatic hydroxyl groups excluding tert-OH is 1. The summed E-state index contributed by atoms with van der Waals surface area (Å²) in [5.41, 5.74) is 1.28. The van der Waals surface area contributed by atoms with Crippen LogP contribution in [0.5, 0.6) is 0 Å². The maximum absolute atomic E-state index is 13.5. The Bertz CT molecular complexity index is 926. The lowest BCUT2D eigenvalue weighted by atomic mass is 10.1. The van der Waals surface area contributed by atoms with E-state index in [1.54, 1.807) is 0 Å². The number of rotatable bonds is 6. The first-order valence-electron chi connectivity index (χ1n) is 8.15. The van der Waals surface area contributed by atoms with E-state index in [4.69, 9.17) is 5.11 Å². The van der Waals surface area contributed by atoms with Crippen LogP contribution in [0.2, 0.25) is 0 Å². The molecule has 1 aromatic heterocycles. The van der Waals surface area contributed by atoms with Gasteiger partial charge in [-0.2, -0.15) is 39.5 Å². The predicted molar refractivity (Wildman–Crippen MR) is 89.9 cm³/mol. The third kappa shape index (κ3) is 7.04. The van der Waals surface area contributed by atoms with Gasteiger partial charge in [-0.1, -0.05) is 0 Å². The molecule has 1 aromatic carbocycles. The molecule has 2 rings (SSSR count). The summed E-state index contributed by atoms with van der Waals surface area (Å²) in [7, 11) is 0. The number of nitrogens with zero attached hydrogens (tertiary/aromatic N) is 2. The van der Waals surface area contributed by atoms with Gasteiger partial charge in [0.15, 0.2) is 0 Å². The SMILES string of the molecule is O=C(CO)NNc1cc(C(F)(F)F)c2cc(N(CC(F)(F)F)CC(F)(F)F)ccc2n1. The van der Waals surface area contributed by atoms with Crippen molar-refractivity contribution in [2.24, 2.45) is 0 Å². The highest BCUT2D eigenvalue weighted by Crippen LogP contribution is 2.38. The molecular formula is C16H13F9N4O2. The van der Waals surface area contributed by atoms with E-state index in [-0.39, 0.29) is 4.90 Å². The molecule has 0 unspecified atom stereocenters. The maximum Gasteiger partial charge on any atom is 0.417 e. The molecule has 172 valence electrons. The maximum atomic E-state index is 13.5. The van der Waals surface area contributed by atoms with Crippen molar-refractivity contribution in [2.75, 3.05) is 30.0 Å². The molecule has 31 heavy (non-hydrogen) atoms. The Kier molecular flexibility index (Phi) is 6.78. The average Bonchev–Trinajstić information content (AvgIpc) is 2.61. The van der Waals surface area contributed by atoms with Crippen molar-refractivity contribution < 1.29 is 49.4 Å². The lowest BCUT2D eigenvalue weighted by Crippen LogP contribution is -2.40. The summed E-state index contributed by atoms with van der Waals surface area (Å²) in [5, 5.41) is 7.84. The zero-order valence-electron chi connectivity index (χ0n) is 15.1. The van der Waals surface area contributed by atoms with Crippen molar-refractivity contribution in [1.82, 2.24) is 10.4 Å². The van der Waals surface area contributed by atoms with Crippen LogP contribution >= 0.6 is 0 Å². The molecule has 1 heterocycles. The fourth-order valence-corrected chi connectivity index (χ4v) is 2.55. The minimum absolute atomic E-state index is 0.146. The van der Waals surface area contributed by atoms with Crippen LogP contribution in [0.1, 0.15) is 5.56 Å². The van der Waals surface area contributed by atoms with E-state index in [9.17, 15) is 44.3 Å². The second kappa shape index (κ2) is 8.64. The number of benzene rings is 1. The van der Waals surface area contributed by atoms with E-state index in [1.165, 1.54) is 0 Å². The number of hydrogen-bond donors (Lipinski definition) is 3. The first-order chi connectivity index (χ1) is 14.1. The summed E-state index contributed by atoms with van der Waals surface area (Å²) < 4.78 is 117. The molecule has 0 aliphatic carbocycles. The first kappa shape index (κ1) is 24.3. The molecule has 2 aromatic rings. The standard InChI is InChI=1S/C16H13F9N4O2/c17-14(18,19)6-29(7-15(20,21)22)8-1-2-11-9(3-8)10(16(23,24)25)4-12(26-11)27-28-13(31)5-30/h1-4,30H,5-7H2,(H,26,27)(H,28,31). The predicted octanol–water partition coefficient (Wildman–Crippen LogP) is 3.62. The number of carbonyl (C=O) groups excluding carboxylic acids is 1. The molecule has 0 fully saturated rings. The van der Waals surface area contributed by atoms with Gasteiger partial charge >= 0.3 is 18.5 Å². The van der Waals surface area contributed by atoms with Crippen LogP contribution < -0.4 is 15.8 Å². The number of aromatic nitrogens is 1. The Morgan fingerprint density at radius 3 is 2.03 bits per heavy atom. The van der Waals surface area contributed by atoms with Crippen LogP contribution in [0.25, 0.3) is 10.9 Å². The molecule has 1 amide bonds. The fraction of sp³-hybridized carbons (Fsp3) is 0.375. The zero-order chi connectivity index (χ0) is 23.6. The first-order valence-corrected chi connectivity index (χ1v) is 8.15. The van der Waals surface area contributed by atoms with E-state index in [0.29, 0.717) is 12.1 Å². The largest absolute Gasteiger partial charge is 0.417 e. The molecule has 0 aliphatic rings. The highest BCUT2D eigenvalue weighted by atomic mass is 19.4. The van der Waals surface area contributed by atoms with Crippen molar-refractivity contribution >= 4 is 28.3 Å². The third-order valence-corrected chi connectivity index (χ3v) is 3.68. The number of pyridine rings is 1. The number of fused-ring (bicyclic) bond motifs is 1. The lowest BCUT2D eigenvalue weighted by molar-refractivity contribution is -0.138. The summed E-state index contributed by atoms with van der Waals surface area (Å²) in [5.74, 6) is -1.53. The number of anilines is 2. The third-order valence-electron chi connectivity index (χ3n) is 3.68. The van der Waals surface area contributed by atoms with E-state index < -0.39 is 72.1 Å². The van der Waals surface area contributed by atoms with Crippen molar-refractivity contribution in [3.05, 3.63) is 29.8 Å². The van der Waals surface area contributed by atoms with E-state index in [0.717, 1.165) is 12.1 Å². The Labute approximate surface area is 167 Å². The van der Waals surface area contributed by atoms with Gasteiger partial charge in [0.25, 0.3) is 5.91 Å². The number of aliphatic hydroxyl groups is 1. The van der Waals surface area contributed by atoms with Crippen molar-refractivity contribution in [1.29, 1.82) is 0 Å². The topological polar surface area (TPSA) is 77.5 Å². The van der Waals surface area contributed by atoms with Crippen LogP contribution in [-0.4, -0.2) is 48.0 Å². The summed E-state index contributed by atoms with van der Waals surface area (Å²) in [6, 6.07) is 2.52. The van der Waals surface area contributed by atoms with Gasteiger partial charge < -0.3 is 10.0 Å².